The summed E-state index contributed by atoms with van der Waals surface area (Å²) in [5.74, 6) is 3.11. The molecule has 1 atom stereocenters. The molecule has 0 aromatic heterocycles. The van der Waals surface area contributed by atoms with Gasteiger partial charge in [-0.25, -0.2) is 0 Å². The highest BCUT2D eigenvalue weighted by Crippen LogP contribution is 2.45. The second-order valence-electron chi connectivity index (χ2n) is 6.04. The Bertz CT molecular complexity index is 756. The SMILES string of the molecule is COc1cc(CCCO)cc2c1O[C@@H](c1ccc3c(c1)OCO3)C2. The average Bonchev–Trinajstić information content (AvgIpc) is 3.24. The molecule has 0 spiro atoms. The predicted molar refractivity (Wildman–Crippen MR) is 88.0 cm³/mol. The van der Waals surface area contributed by atoms with E-state index in [4.69, 9.17) is 24.1 Å². The van der Waals surface area contributed by atoms with E-state index < -0.39 is 0 Å². The Balaban J connectivity index is 1.61. The van der Waals surface area contributed by atoms with Crippen molar-refractivity contribution in [2.24, 2.45) is 0 Å². The monoisotopic (exact) mass is 328 g/mol. The molecule has 4 rings (SSSR count). The molecule has 2 heterocycles. The largest absolute Gasteiger partial charge is 0.493 e. The first-order valence-corrected chi connectivity index (χ1v) is 8.15. The Hall–Kier alpha value is -2.40. The first-order chi connectivity index (χ1) is 11.8. The number of aryl methyl sites for hydroxylation is 1. The minimum atomic E-state index is -0.0588. The minimum Gasteiger partial charge on any atom is -0.493 e. The van der Waals surface area contributed by atoms with Gasteiger partial charge in [-0.1, -0.05) is 12.1 Å². The van der Waals surface area contributed by atoms with Crippen LogP contribution in [-0.4, -0.2) is 25.6 Å². The van der Waals surface area contributed by atoms with Crippen LogP contribution >= 0.6 is 0 Å². The molecule has 2 aliphatic heterocycles. The molecule has 24 heavy (non-hydrogen) atoms. The maximum absolute atomic E-state index is 9.04. The van der Waals surface area contributed by atoms with Crippen molar-refractivity contribution in [3.8, 4) is 23.0 Å². The molecule has 1 N–H and O–H groups in total. The van der Waals surface area contributed by atoms with E-state index in [0.29, 0.717) is 0 Å². The van der Waals surface area contributed by atoms with Gasteiger partial charge in [0.05, 0.1) is 7.11 Å². The van der Waals surface area contributed by atoms with Crippen molar-refractivity contribution in [2.45, 2.75) is 25.4 Å². The van der Waals surface area contributed by atoms with Gasteiger partial charge in [0.15, 0.2) is 23.0 Å². The first kappa shape index (κ1) is 15.1. The zero-order valence-corrected chi connectivity index (χ0v) is 13.6. The van der Waals surface area contributed by atoms with E-state index in [9.17, 15) is 0 Å². The lowest BCUT2D eigenvalue weighted by Crippen LogP contribution is -2.03. The molecule has 0 saturated heterocycles. The van der Waals surface area contributed by atoms with Crippen LogP contribution in [0.1, 0.15) is 29.2 Å². The summed E-state index contributed by atoms with van der Waals surface area (Å²) < 4.78 is 22.5. The van der Waals surface area contributed by atoms with E-state index in [2.05, 4.69) is 6.07 Å². The molecule has 0 fully saturated rings. The number of aliphatic hydroxyl groups is 1. The second kappa shape index (κ2) is 6.24. The van der Waals surface area contributed by atoms with Crippen LogP contribution in [0.3, 0.4) is 0 Å². The van der Waals surface area contributed by atoms with Crippen LogP contribution in [-0.2, 0) is 12.8 Å². The molecule has 0 bridgehead atoms. The summed E-state index contributed by atoms with van der Waals surface area (Å²) >= 11 is 0. The zero-order chi connectivity index (χ0) is 16.5. The third kappa shape index (κ3) is 2.65. The van der Waals surface area contributed by atoms with Gasteiger partial charge in [-0.15, -0.1) is 0 Å². The highest BCUT2D eigenvalue weighted by atomic mass is 16.7. The van der Waals surface area contributed by atoms with Crippen molar-refractivity contribution < 1.29 is 24.1 Å². The molecule has 2 aliphatic rings. The summed E-state index contributed by atoms with van der Waals surface area (Å²) in [6, 6.07) is 10.1. The standard InChI is InChI=1S/C19H20O5/c1-21-18-8-12(3-2-6-20)7-14-10-16(24-19(14)18)13-4-5-15-17(9-13)23-11-22-15/h4-5,7-9,16,20H,2-3,6,10-11H2,1H3/t16-/m1/s1. The van der Waals surface area contributed by atoms with Crippen LogP contribution in [0.5, 0.6) is 23.0 Å². The Morgan fingerprint density at radius 2 is 2.04 bits per heavy atom. The van der Waals surface area contributed by atoms with Crippen LogP contribution in [0.4, 0.5) is 0 Å². The molecule has 0 unspecified atom stereocenters. The quantitative estimate of drug-likeness (QED) is 0.914. The van der Waals surface area contributed by atoms with Gasteiger partial charge in [0.1, 0.15) is 6.10 Å². The number of methoxy groups -OCH3 is 1. The number of hydrogen-bond acceptors (Lipinski definition) is 5. The van der Waals surface area contributed by atoms with Crippen molar-refractivity contribution in [2.75, 3.05) is 20.5 Å². The molecular weight excluding hydrogens is 308 g/mol. The molecule has 0 radical (unpaired) electrons. The van der Waals surface area contributed by atoms with Crippen molar-refractivity contribution in [1.29, 1.82) is 0 Å². The summed E-state index contributed by atoms with van der Waals surface area (Å²) in [5, 5.41) is 9.04. The lowest BCUT2D eigenvalue weighted by Gasteiger charge is -2.13. The van der Waals surface area contributed by atoms with Crippen LogP contribution in [0.25, 0.3) is 0 Å². The Kier molecular flexibility index (Phi) is 3.94. The van der Waals surface area contributed by atoms with Gasteiger partial charge in [0, 0.05) is 18.6 Å². The Labute approximate surface area is 140 Å². The van der Waals surface area contributed by atoms with E-state index in [1.165, 1.54) is 0 Å². The fraction of sp³-hybridized carbons (Fsp3) is 0.368. The van der Waals surface area contributed by atoms with Crippen molar-refractivity contribution in [1.82, 2.24) is 0 Å². The third-order valence-corrected chi connectivity index (χ3v) is 4.47. The first-order valence-electron chi connectivity index (χ1n) is 8.15. The lowest BCUT2D eigenvalue weighted by atomic mass is 10.00. The summed E-state index contributed by atoms with van der Waals surface area (Å²) in [4.78, 5) is 0. The van der Waals surface area contributed by atoms with Gasteiger partial charge < -0.3 is 24.1 Å². The highest BCUT2D eigenvalue weighted by Gasteiger charge is 2.29. The minimum absolute atomic E-state index is 0.0588. The fourth-order valence-corrected chi connectivity index (χ4v) is 3.27. The smallest absolute Gasteiger partial charge is 0.231 e. The molecule has 5 nitrogen and oxygen atoms in total. The summed E-state index contributed by atoms with van der Waals surface area (Å²) in [7, 11) is 1.66. The van der Waals surface area contributed by atoms with Crippen LogP contribution in [0, 0.1) is 0 Å². The molecule has 126 valence electrons. The molecule has 2 aromatic carbocycles. The van der Waals surface area contributed by atoms with E-state index in [-0.39, 0.29) is 19.5 Å². The van der Waals surface area contributed by atoms with Crippen LogP contribution in [0.15, 0.2) is 30.3 Å². The lowest BCUT2D eigenvalue weighted by molar-refractivity contribution is 0.173. The van der Waals surface area contributed by atoms with E-state index in [0.717, 1.165) is 59.0 Å². The number of fused-ring (bicyclic) bond motifs is 2. The Morgan fingerprint density at radius 3 is 2.88 bits per heavy atom. The highest BCUT2D eigenvalue weighted by molar-refractivity contribution is 5.54. The van der Waals surface area contributed by atoms with E-state index in [1.54, 1.807) is 7.11 Å². The van der Waals surface area contributed by atoms with E-state index >= 15 is 0 Å². The second-order valence-corrected chi connectivity index (χ2v) is 6.04. The normalized spacial score (nSPS) is 17.5. The predicted octanol–water partition coefficient (Wildman–Crippen LogP) is 3.03. The maximum Gasteiger partial charge on any atom is 0.231 e. The zero-order valence-electron chi connectivity index (χ0n) is 13.6. The molecule has 2 aromatic rings. The summed E-state index contributed by atoms with van der Waals surface area (Å²) in [6.07, 6.45) is 2.30. The van der Waals surface area contributed by atoms with Gasteiger partial charge in [-0.2, -0.15) is 0 Å². The Morgan fingerprint density at radius 1 is 1.17 bits per heavy atom. The molecule has 5 heteroatoms. The number of aliphatic hydroxyl groups excluding tert-OH is 1. The number of hydrogen-bond donors (Lipinski definition) is 1. The van der Waals surface area contributed by atoms with Gasteiger partial charge in [-0.3, -0.25) is 0 Å². The topological polar surface area (TPSA) is 57.2 Å². The van der Waals surface area contributed by atoms with Gasteiger partial charge in [0.25, 0.3) is 0 Å². The number of benzene rings is 2. The number of ether oxygens (including phenoxy) is 4. The van der Waals surface area contributed by atoms with Crippen molar-refractivity contribution in [3.05, 3.63) is 47.0 Å². The third-order valence-electron chi connectivity index (χ3n) is 4.47. The summed E-state index contributed by atoms with van der Waals surface area (Å²) in [5.41, 5.74) is 3.37. The van der Waals surface area contributed by atoms with Gasteiger partial charge in [-0.05, 0) is 42.2 Å². The van der Waals surface area contributed by atoms with Crippen LogP contribution in [0.2, 0.25) is 0 Å². The molecule has 0 amide bonds. The summed E-state index contributed by atoms with van der Waals surface area (Å²) in [6.45, 7) is 0.461. The van der Waals surface area contributed by atoms with Crippen molar-refractivity contribution >= 4 is 0 Å². The number of rotatable bonds is 5. The molecule has 0 saturated carbocycles. The molecule has 0 aliphatic carbocycles. The van der Waals surface area contributed by atoms with E-state index in [1.807, 2.05) is 24.3 Å². The van der Waals surface area contributed by atoms with Gasteiger partial charge in [0.2, 0.25) is 6.79 Å². The fourth-order valence-electron chi connectivity index (χ4n) is 3.27. The van der Waals surface area contributed by atoms with Gasteiger partial charge >= 0.3 is 0 Å². The van der Waals surface area contributed by atoms with Crippen molar-refractivity contribution in [3.63, 3.8) is 0 Å². The van der Waals surface area contributed by atoms with Crippen LogP contribution < -0.4 is 18.9 Å². The average molecular weight is 328 g/mol. The maximum atomic E-state index is 9.04. The molecular formula is C19H20O5.